The Morgan fingerprint density at radius 3 is 2.56 bits per heavy atom. The summed E-state index contributed by atoms with van der Waals surface area (Å²) in [6.07, 6.45) is 1.48. The lowest BCUT2D eigenvalue weighted by Crippen LogP contribution is -2.51. The highest BCUT2D eigenvalue weighted by atomic mass is 16.2. The highest BCUT2D eigenvalue weighted by Crippen LogP contribution is 2.04. The van der Waals surface area contributed by atoms with E-state index in [2.05, 4.69) is 5.32 Å². The maximum atomic E-state index is 11.6. The number of hydrogen-bond acceptors (Lipinski definition) is 2. The van der Waals surface area contributed by atoms with Crippen molar-refractivity contribution < 1.29 is 4.79 Å². The maximum Gasteiger partial charge on any atom is 0.239 e. The van der Waals surface area contributed by atoms with Crippen molar-refractivity contribution in [1.29, 1.82) is 0 Å². The molecule has 1 rings (SSSR count). The maximum absolute atomic E-state index is 11.6. The van der Waals surface area contributed by atoms with Gasteiger partial charge in [0.2, 0.25) is 5.91 Å². The first kappa shape index (κ1) is 12.7. The van der Waals surface area contributed by atoms with E-state index in [4.69, 9.17) is 5.73 Å². The van der Waals surface area contributed by atoms with E-state index in [0.29, 0.717) is 13.0 Å². The lowest BCUT2D eigenvalue weighted by Gasteiger charge is -2.21. The van der Waals surface area contributed by atoms with E-state index >= 15 is 0 Å². The molecule has 0 saturated heterocycles. The smallest absolute Gasteiger partial charge is 0.239 e. The number of carbonyl (C=O) groups is 1. The number of benzene rings is 1. The van der Waals surface area contributed by atoms with Crippen LogP contribution < -0.4 is 11.1 Å². The van der Waals surface area contributed by atoms with Crippen LogP contribution in [0.3, 0.4) is 0 Å². The molecule has 0 radical (unpaired) electrons. The van der Waals surface area contributed by atoms with Crippen LogP contribution >= 0.6 is 0 Å². The Morgan fingerprint density at radius 1 is 1.38 bits per heavy atom. The zero-order valence-electron chi connectivity index (χ0n) is 9.99. The molecule has 3 heteroatoms. The molecule has 1 aromatic rings. The number of hydrogen-bond donors (Lipinski definition) is 2. The van der Waals surface area contributed by atoms with Gasteiger partial charge in [-0.25, -0.2) is 0 Å². The molecular weight excluding hydrogens is 200 g/mol. The number of nitrogens with two attached hydrogens (primary N) is 1. The molecule has 0 aliphatic carbocycles. The van der Waals surface area contributed by atoms with Crippen LogP contribution in [0.1, 0.15) is 25.8 Å². The van der Waals surface area contributed by atoms with Gasteiger partial charge in [0.15, 0.2) is 0 Å². The Hall–Kier alpha value is -1.35. The fourth-order valence-electron chi connectivity index (χ4n) is 1.33. The largest absolute Gasteiger partial charge is 0.354 e. The number of carbonyl (C=O) groups excluding carboxylic acids is 1. The molecule has 88 valence electrons. The minimum Gasteiger partial charge on any atom is -0.354 e. The number of rotatable bonds is 5. The zero-order valence-corrected chi connectivity index (χ0v) is 9.99. The van der Waals surface area contributed by atoms with Crippen LogP contribution in [-0.2, 0) is 11.2 Å². The van der Waals surface area contributed by atoms with Crippen molar-refractivity contribution in [3.05, 3.63) is 35.9 Å². The molecule has 16 heavy (non-hydrogen) atoms. The summed E-state index contributed by atoms with van der Waals surface area (Å²) in [6, 6.07) is 10.1. The van der Waals surface area contributed by atoms with E-state index in [1.54, 1.807) is 6.92 Å². The first-order chi connectivity index (χ1) is 7.56. The van der Waals surface area contributed by atoms with Crippen molar-refractivity contribution in [1.82, 2.24) is 5.32 Å². The van der Waals surface area contributed by atoms with Gasteiger partial charge in [-0.3, -0.25) is 4.79 Å². The van der Waals surface area contributed by atoms with Gasteiger partial charge in [0, 0.05) is 6.54 Å². The van der Waals surface area contributed by atoms with Gasteiger partial charge in [-0.2, -0.15) is 0 Å². The monoisotopic (exact) mass is 220 g/mol. The minimum atomic E-state index is -0.753. The van der Waals surface area contributed by atoms with Crippen molar-refractivity contribution in [2.45, 2.75) is 32.2 Å². The number of nitrogens with one attached hydrogen (secondary N) is 1. The second kappa shape index (κ2) is 5.66. The molecule has 1 aromatic carbocycles. The average molecular weight is 220 g/mol. The summed E-state index contributed by atoms with van der Waals surface area (Å²) in [5.41, 5.74) is 6.29. The van der Waals surface area contributed by atoms with Crippen molar-refractivity contribution in [2.75, 3.05) is 6.54 Å². The van der Waals surface area contributed by atoms with E-state index in [1.165, 1.54) is 5.56 Å². The van der Waals surface area contributed by atoms with Gasteiger partial charge in [0.25, 0.3) is 0 Å². The van der Waals surface area contributed by atoms with Crippen LogP contribution in [0.5, 0.6) is 0 Å². The zero-order chi connectivity index (χ0) is 12.0. The first-order valence-electron chi connectivity index (χ1n) is 5.67. The van der Waals surface area contributed by atoms with Crippen LogP contribution in [-0.4, -0.2) is 18.0 Å². The molecule has 3 N–H and O–H groups in total. The van der Waals surface area contributed by atoms with Gasteiger partial charge >= 0.3 is 0 Å². The predicted octanol–water partition coefficient (Wildman–Crippen LogP) is 1.47. The van der Waals surface area contributed by atoms with Gasteiger partial charge in [0.05, 0.1) is 5.54 Å². The summed E-state index contributed by atoms with van der Waals surface area (Å²) in [4.78, 5) is 11.6. The first-order valence-corrected chi connectivity index (χ1v) is 5.67. The molecular formula is C13H20N2O. The van der Waals surface area contributed by atoms with Crippen LogP contribution in [0.15, 0.2) is 30.3 Å². The molecule has 0 bridgehead atoms. The van der Waals surface area contributed by atoms with E-state index in [1.807, 2.05) is 37.3 Å². The highest BCUT2D eigenvalue weighted by molar-refractivity contribution is 5.85. The Labute approximate surface area is 97.0 Å². The standard InChI is InChI=1S/C13H20N2O/c1-3-13(2,14)12(16)15-10-9-11-7-5-4-6-8-11/h4-8H,3,9-10,14H2,1-2H3,(H,15,16). The lowest BCUT2D eigenvalue weighted by atomic mass is 9.99. The lowest BCUT2D eigenvalue weighted by molar-refractivity contribution is -0.125. The van der Waals surface area contributed by atoms with Crippen LogP contribution in [0.2, 0.25) is 0 Å². The van der Waals surface area contributed by atoms with Crippen LogP contribution in [0, 0.1) is 0 Å². The molecule has 0 heterocycles. The molecule has 0 fully saturated rings. The van der Waals surface area contributed by atoms with Gasteiger partial charge < -0.3 is 11.1 Å². The van der Waals surface area contributed by atoms with Gasteiger partial charge in [-0.15, -0.1) is 0 Å². The summed E-state index contributed by atoms with van der Waals surface area (Å²) in [6.45, 7) is 4.30. The van der Waals surface area contributed by atoms with Crippen molar-refractivity contribution in [3.8, 4) is 0 Å². The van der Waals surface area contributed by atoms with Crippen molar-refractivity contribution >= 4 is 5.91 Å². The topological polar surface area (TPSA) is 55.1 Å². The average Bonchev–Trinajstić information content (AvgIpc) is 2.30. The Kier molecular flexibility index (Phi) is 4.50. The molecule has 1 unspecified atom stereocenters. The second-order valence-corrected chi connectivity index (χ2v) is 4.26. The van der Waals surface area contributed by atoms with E-state index in [0.717, 1.165) is 6.42 Å². The molecule has 0 spiro atoms. The Bertz CT molecular complexity index is 333. The van der Waals surface area contributed by atoms with Crippen LogP contribution in [0.25, 0.3) is 0 Å². The third-order valence-electron chi connectivity index (χ3n) is 2.80. The normalized spacial score (nSPS) is 14.2. The van der Waals surface area contributed by atoms with E-state index in [9.17, 15) is 4.79 Å². The van der Waals surface area contributed by atoms with Crippen LogP contribution in [0.4, 0.5) is 0 Å². The molecule has 1 amide bonds. The summed E-state index contributed by atoms with van der Waals surface area (Å²) in [5.74, 6) is -0.0778. The van der Waals surface area contributed by atoms with Crippen molar-refractivity contribution in [2.24, 2.45) is 5.73 Å². The molecule has 0 aromatic heterocycles. The fourth-order valence-corrected chi connectivity index (χ4v) is 1.33. The fraction of sp³-hybridized carbons (Fsp3) is 0.462. The van der Waals surface area contributed by atoms with Gasteiger partial charge in [-0.1, -0.05) is 37.3 Å². The molecule has 3 nitrogen and oxygen atoms in total. The summed E-state index contributed by atoms with van der Waals surface area (Å²) in [7, 11) is 0. The third-order valence-corrected chi connectivity index (χ3v) is 2.80. The second-order valence-electron chi connectivity index (χ2n) is 4.26. The number of amides is 1. The molecule has 0 saturated carbocycles. The van der Waals surface area contributed by atoms with Crippen molar-refractivity contribution in [3.63, 3.8) is 0 Å². The molecule has 0 aliphatic rings. The summed E-state index contributed by atoms with van der Waals surface area (Å²) < 4.78 is 0. The quantitative estimate of drug-likeness (QED) is 0.789. The minimum absolute atomic E-state index is 0.0778. The highest BCUT2D eigenvalue weighted by Gasteiger charge is 2.25. The summed E-state index contributed by atoms with van der Waals surface area (Å²) >= 11 is 0. The Balaban J connectivity index is 2.34. The molecule has 0 aliphatic heterocycles. The van der Waals surface area contributed by atoms with E-state index < -0.39 is 5.54 Å². The molecule has 1 atom stereocenters. The Morgan fingerprint density at radius 2 is 2.00 bits per heavy atom. The van der Waals surface area contributed by atoms with Gasteiger partial charge in [0.1, 0.15) is 0 Å². The van der Waals surface area contributed by atoms with E-state index in [-0.39, 0.29) is 5.91 Å². The summed E-state index contributed by atoms with van der Waals surface area (Å²) in [5, 5.41) is 2.86. The SMILES string of the molecule is CCC(C)(N)C(=O)NCCc1ccccc1. The van der Waals surface area contributed by atoms with Gasteiger partial charge in [-0.05, 0) is 25.3 Å². The predicted molar refractivity (Wildman–Crippen MR) is 66.0 cm³/mol. The third kappa shape index (κ3) is 3.66.